The van der Waals surface area contributed by atoms with Gasteiger partial charge in [0.25, 0.3) is 0 Å². The molecule has 262 valence electrons. The maximum absolute atomic E-state index is 6.77. The fourth-order valence-corrected chi connectivity index (χ4v) is 9.05. The van der Waals surface area contributed by atoms with Gasteiger partial charge in [0.1, 0.15) is 11.2 Å². The summed E-state index contributed by atoms with van der Waals surface area (Å²) in [5.74, 6) is 1.89. The number of hydrogen-bond acceptors (Lipinski definition) is 5. The Labute approximate surface area is 327 Å². The molecule has 0 atom stereocenters. The number of rotatable bonds is 6. The molecule has 3 aromatic heterocycles. The van der Waals surface area contributed by atoms with Gasteiger partial charge in [-0.15, -0.1) is 11.3 Å². The van der Waals surface area contributed by atoms with Crippen LogP contribution in [0.25, 0.3) is 110 Å². The molecular weight excluding hydrogens is 703 g/mol. The lowest BCUT2D eigenvalue weighted by molar-refractivity contribution is 0.670. The van der Waals surface area contributed by atoms with Crippen molar-refractivity contribution >= 4 is 53.4 Å². The minimum atomic E-state index is 0.617. The molecule has 3 heterocycles. The lowest BCUT2D eigenvalue weighted by Crippen LogP contribution is -2.00. The molecule has 0 aliphatic rings. The van der Waals surface area contributed by atoms with E-state index in [1.54, 1.807) is 0 Å². The summed E-state index contributed by atoms with van der Waals surface area (Å²) in [6, 6.07) is 65.6. The number of para-hydroxylation sites is 1. The zero-order valence-corrected chi connectivity index (χ0v) is 30.9. The van der Waals surface area contributed by atoms with Gasteiger partial charge < -0.3 is 4.42 Å². The van der Waals surface area contributed by atoms with Crippen molar-refractivity contribution in [2.24, 2.45) is 0 Å². The van der Waals surface area contributed by atoms with Crippen LogP contribution in [0.15, 0.2) is 192 Å². The fraction of sp³-hybridized carbons (Fsp3) is 0. The van der Waals surface area contributed by atoms with Crippen LogP contribution in [0, 0.1) is 0 Å². The number of aromatic nitrogens is 3. The number of fused-ring (bicyclic) bond motifs is 6. The highest BCUT2D eigenvalue weighted by Crippen LogP contribution is 2.42. The van der Waals surface area contributed by atoms with Crippen molar-refractivity contribution in [1.82, 2.24) is 15.0 Å². The molecule has 0 spiro atoms. The predicted octanol–water partition coefficient (Wildman–Crippen LogP) is 14.1. The first-order valence-electron chi connectivity index (χ1n) is 18.7. The SMILES string of the molecule is c1ccc(-c2nc(-c3ccccc3)nc(-c3cccc(-c4cccc5c4oc4cc(-c6cccc(-c7cccc8c7sc7ccccc78)c6)ccc45)c3)n2)cc1. The zero-order valence-electron chi connectivity index (χ0n) is 30.1. The summed E-state index contributed by atoms with van der Waals surface area (Å²) in [6.45, 7) is 0. The average molecular weight is 734 g/mol. The molecule has 0 amide bonds. The van der Waals surface area contributed by atoms with Crippen LogP contribution in [0.2, 0.25) is 0 Å². The molecular formula is C51H31N3OS. The van der Waals surface area contributed by atoms with Crippen molar-refractivity contribution in [2.75, 3.05) is 0 Å². The van der Waals surface area contributed by atoms with Gasteiger partial charge in [0.15, 0.2) is 17.5 Å². The normalized spacial score (nSPS) is 11.6. The van der Waals surface area contributed by atoms with Gasteiger partial charge in [0.05, 0.1) is 0 Å². The number of furan rings is 1. The van der Waals surface area contributed by atoms with E-state index in [9.17, 15) is 0 Å². The monoisotopic (exact) mass is 733 g/mol. The Morgan fingerprint density at radius 3 is 1.61 bits per heavy atom. The van der Waals surface area contributed by atoms with Gasteiger partial charge in [-0.2, -0.15) is 0 Å². The van der Waals surface area contributed by atoms with Crippen molar-refractivity contribution in [3.63, 3.8) is 0 Å². The molecule has 0 aliphatic carbocycles. The van der Waals surface area contributed by atoms with Crippen molar-refractivity contribution in [1.29, 1.82) is 0 Å². The second-order valence-corrected chi connectivity index (χ2v) is 15.0. The second-order valence-electron chi connectivity index (χ2n) is 14.0. The van der Waals surface area contributed by atoms with Crippen LogP contribution < -0.4 is 0 Å². The quantitative estimate of drug-likeness (QED) is 0.171. The second kappa shape index (κ2) is 13.3. The Bertz CT molecular complexity index is 3200. The summed E-state index contributed by atoms with van der Waals surface area (Å²) in [5.41, 5.74) is 11.3. The van der Waals surface area contributed by atoms with Gasteiger partial charge in [-0.25, -0.2) is 15.0 Å². The van der Waals surface area contributed by atoms with Crippen molar-refractivity contribution < 1.29 is 4.42 Å². The maximum atomic E-state index is 6.77. The van der Waals surface area contributed by atoms with Crippen LogP contribution in [-0.2, 0) is 0 Å². The first-order valence-corrected chi connectivity index (χ1v) is 19.5. The van der Waals surface area contributed by atoms with Crippen LogP contribution in [0.4, 0.5) is 0 Å². The molecule has 5 heteroatoms. The van der Waals surface area contributed by atoms with Crippen LogP contribution in [0.1, 0.15) is 0 Å². The summed E-state index contributed by atoms with van der Waals surface area (Å²) in [6.07, 6.45) is 0. The van der Waals surface area contributed by atoms with Crippen molar-refractivity contribution in [3.05, 3.63) is 188 Å². The molecule has 11 aromatic rings. The minimum absolute atomic E-state index is 0.617. The van der Waals surface area contributed by atoms with Gasteiger partial charge in [-0.05, 0) is 58.1 Å². The first kappa shape index (κ1) is 32.2. The Kier molecular flexibility index (Phi) is 7.64. The lowest BCUT2D eigenvalue weighted by atomic mass is 9.97. The van der Waals surface area contributed by atoms with E-state index in [0.717, 1.165) is 60.9 Å². The van der Waals surface area contributed by atoms with Crippen LogP contribution in [0.5, 0.6) is 0 Å². The Morgan fingerprint density at radius 1 is 0.339 bits per heavy atom. The minimum Gasteiger partial charge on any atom is -0.455 e. The van der Waals surface area contributed by atoms with Gasteiger partial charge >= 0.3 is 0 Å². The van der Waals surface area contributed by atoms with Crippen molar-refractivity contribution in [2.45, 2.75) is 0 Å². The number of nitrogens with zero attached hydrogens (tertiary/aromatic N) is 3. The van der Waals surface area contributed by atoms with Gasteiger partial charge in [0.2, 0.25) is 0 Å². The Hall–Kier alpha value is -7.21. The standard InChI is InChI=1S/C51H31N3OS/c1-3-13-32(14-4-1)49-52-50(33-15-5-2-6-16-33)54-51(53-49)38-20-10-18-36(30-38)39-22-11-24-43-41-28-27-35(31-45(41)55-47(39)43)34-17-9-19-37(29-34)40-23-12-25-44-42-21-7-8-26-46(42)56-48(40)44/h1-31H. The van der Waals surface area contributed by atoms with Crippen molar-refractivity contribution in [3.8, 4) is 67.5 Å². The van der Waals surface area contributed by atoms with E-state index in [-0.39, 0.29) is 0 Å². The van der Waals surface area contributed by atoms with E-state index in [1.807, 2.05) is 72.0 Å². The first-order chi connectivity index (χ1) is 27.7. The Balaban J connectivity index is 0.982. The predicted molar refractivity (Wildman–Crippen MR) is 233 cm³/mol. The van der Waals surface area contributed by atoms with E-state index >= 15 is 0 Å². The average Bonchev–Trinajstić information content (AvgIpc) is 3.85. The van der Waals surface area contributed by atoms with Gasteiger partial charge in [-0.1, -0.05) is 158 Å². The highest BCUT2D eigenvalue weighted by Gasteiger charge is 2.17. The van der Waals surface area contributed by atoms with E-state index in [4.69, 9.17) is 19.4 Å². The number of benzene rings is 8. The molecule has 8 aromatic carbocycles. The number of hydrogen-bond donors (Lipinski definition) is 0. The Morgan fingerprint density at radius 2 is 0.857 bits per heavy atom. The van der Waals surface area contributed by atoms with Crippen LogP contribution >= 0.6 is 11.3 Å². The zero-order chi connectivity index (χ0) is 37.0. The topological polar surface area (TPSA) is 51.8 Å². The van der Waals surface area contributed by atoms with Crippen LogP contribution in [-0.4, -0.2) is 15.0 Å². The van der Waals surface area contributed by atoms with Crippen LogP contribution in [0.3, 0.4) is 0 Å². The van der Waals surface area contributed by atoms with E-state index in [0.29, 0.717) is 17.5 Å². The summed E-state index contributed by atoms with van der Waals surface area (Å²) >= 11 is 1.86. The molecule has 0 unspecified atom stereocenters. The summed E-state index contributed by atoms with van der Waals surface area (Å²) in [5, 5.41) is 4.79. The molecule has 0 fully saturated rings. The molecule has 0 saturated heterocycles. The largest absolute Gasteiger partial charge is 0.455 e. The number of thiophene rings is 1. The molecule has 0 N–H and O–H groups in total. The molecule has 0 aliphatic heterocycles. The molecule has 0 saturated carbocycles. The molecule has 0 bridgehead atoms. The maximum Gasteiger partial charge on any atom is 0.164 e. The molecule has 56 heavy (non-hydrogen) atoms. The summed E-state index contributed by atoms with van der Waals surface area (Å²) in [4.78, 5) is 14.8. The molecule has 4 nitrogen and oxygen atoms in total. The molecule has 11 rings (SSSR count). The van der Waals surface area contributed by atoms with E-state index < -0.39 is 0 Å². The third kappa shape index (κ3) is 5.56. The van der Waals surface area contributed by atoms with E-state index in [1.165, 1.54) is 31.3 Å². The highest BCUT2D eigenvalue weighted by atomic mass is 32.1. The third-order valence-corrected chi connectivity index (χ3v) is 11.8. The molecule has 0 radical (unpaired) electrons. The van der Waals surface area contributed by atoms with Gasteiger partial charge in [0, 0.05) is 53.2 Å². The smallest absolute Gasteiger partial charge is 0.164 e. The lowest BCUT2D eigenvalue weighted by Gasteiger charge is -2.10. The fourth-order valence-electron chi connectivity index (χ4n) is 7.81. The summed E-state index contributed by atoms with van der Waals surface area (Å²) in [7, 11) is 0. The van der Waals surface area contributed by atoms with Gasteiger partial charge in [-0.3, -0.25) is 0 Å². The summed E-state index contributed by atoms with van der Waals surface area (Å²) < 4.78 is 9.40. The third-order valence-electron chi connectivity index (χ3n) is 10.5. The highest BCUT2D eigenvalue weighted by molar-refractivity contribution is 7.26. The van der Waals surface area contributed by atoms with E-state index in [2.05, 4.69) is 127 Å².